The van der Waals surface area contributed by atoms with Crippen LogP contribution in [0.3, 0.4) is 0 Å². The fraction of sp³-hybridized carbons (Fsp3) is 0.818. The van der Waals surface area contributed by atoms with Gasteiger partial charge in [-0.15, -0.1) is 0 Å². The van der Waals surface area contributed by atoms with Crippen LogP contribution in [0.2, 0.25) is 0 Å². The highest BCUT2D eigenvalue weighted by Crippen LogP contribution is 2.18. The van der Waals surface area contributed by atoms with Gasteiger partial charge in [-0.3, -0.25) is 4.18 Å². The number of rotatable bonds is 27. The molecule has 38 heavy (non-hydrogen) atoms. The average Bonchev–Trinajstić information content (AvgIpc) is 2.91. The van der Waals surface area contributed by atoms with Gasteiger partial charge in [0.25, 0.3) is 10.1 Å². The zero-order valence-electron chi connectivity index (χ0n) is 25.2. The highest BCUT2D eigenvalue weighted by Gasteiger charge is 2.15. The number of aryl methyl sites for hydroxylation is 1. The van der Waals surface area contributed by atoms with E-state index in [0.29, 0.717) is 6.42 Å². The minimum Gasteiger partial charge on any atom is -0.378 e. The molecule has 1 rings (SSSR count). The first-order valence-corrected chi connectivity index (χ1v) is 17.5. The highest BCUT2D eigenvalue weighted by atomic mass is 32.2. The highest BCUT2D eigenvalue weighted by molar-refractivity contribution is 7.86. The minimum atomic E-state index is -3.68. The van der Waals surface area contributed by atoms with Crippen LogP contribution in [0, 0.1) is 6.92 Å². The van der Waals surface area contributed by atoms with Gasteiger partial charge in [-0.2, -0.15) is 8.42 Å². The van der Waals surface area contributed by atoms with Crippen LogP contribution in [0.4, 0.5) is 0 Å². The van der Waals surface area contributed by atoms with Crippen molar-refractivity contribution in [2.45, 2.75) is 167 Å². The Balaban J connectivity index is 2.13. The van der Waals surface area contributed by atoms with Gasteiger partial charge in [-0.1, -0.05) is 141 Å². The van der Waals surface area contributed by atoms with Crippen LogP contribution >= 0.6 is 0 Å². The van der Waals surface area contributed by atoms with Crippen LogP contribution in [-0.2, 0) is 19.0 Å². The molecule has 0 aliphatic rings. The Morgan fingerprint density at radius 2 is 1.03 bits per heavy atom. The maximum Gasteiger partial charge on any atom is 0.296 e. The van der Waals surface area contributed by atoms with Gasteiger partial charge in [0.05, 0.1) is 17.6 Å². The van der Waals surface area contributed by atoms with Crippen molar-refractivity contribution < 1.29 is 17.3 Å². The number of benzene rings is 1. The van der Waals surface area contributed by atoms with Gasteiger partial charge in [-0.25, -0.2) is 0 Å². The van der Waals surface area contributed by atoms with Crippen molar-refractivity contribution in [3.63, 3.8) is 0 Å². The number of hydrogen-bond acceptors (Lipinski definition) is 4. The summed E-state index contributed by atoms with van der Waals surface area (Å²) in [5.41, 5.74) is 1.03. The van der Waals surface area contributed by atoms with E-state index in [1.807, 2.05) is 6.92 Å². The molecule has 222 valence electrons. The van der Waals surface area contributed by atoms with Crippen LogP contribution in [0.15, 0.2) is 29.2 Å². The van der Waals surface area contributed by atoms with Crippen LogP contribution in [-0.4, -0.2) is 27.7 Å². The molecule has 0 saturated carbocycles. The predicted octanol–water partition coefficient (Wildman–Crippen LogP) is 10.3. The second kappa shape index (κ2) is 23.9. The van der Waals surface area contributed by atoms with E-state index in [1.54, 1.807) is 24.3 Å². The third-order valence-electron chi connectivity index (χ3n) is 7.45. The molecule has 1 aromatic rings. The fourth-order valence-electron chi connectivity index (χ4n) is 4.91. The smallest absolute Gasteiger partial charge is 0.296 e. The van der Waals surface area contributed by atoms with Crippen LogP contribution in [0.25, 0.3) is 0 Å². The van der Waals surface area contributed by atoms with Crippen LogP contribution < -0.4 is 0 Å². The molecule has 4 nitrogen and oxygen atoms in total. The monoisotopic (exact) mass is 552 g/mol. The largest absolute Gasteiger partial charge is 0.378 e. The van der Waals surface area contributed by atoms with E-state index in [1.165, 1.54) is 109 Å². The number of hydrogen-bond donors (Lipinski definition) is 0. The van der Waals surface area contributed by atoms with Gasteiger partial charge in [0.1, 0.15) is 0 Å². The Morgan fingerprint density at radius 1 is 0.579 bits per heavy atom. The lowest BCUT2D eigenvalue weighted by Gasteiger charge is -2.18. The lowest BCUT2D eigenvalue weighted by atomic mass is 10.0. The number of ether oxygens (including phenoxy) is 1. The molecular formula is C33H60O4S. The third kappa shape index (κ3) is 19.2. The second-order valence-corrected chi connectivity index (χ2v) is 12.8. The number of unbranched alkanes of at least 4 members (excludes halogenated alkanes) is 16. The summed E-state index contributed by atoms with van der Waals surface area (Å²) in [4.78, 5) is 0.230. The van der Waals surface area contributed by atoms with E-state index in [-0.39, 0.29) is 17.6 Å². The molecular weight excluding hydrogens is 492 g/mol. The fourth-order valence-corrected chi connectivity index (χ4v) is 5.85. The van der Waals surface area contributed by atoms with Gasteiger partial charge in [-0.05, 0) is 44.7 Å². The summed E-state index contributed by atoms with van der Waals surface area (Å²) < 4.78 is 36.4. The van der Waals surface area contributed by atoms with Gasteiger partial charge in [0.2, 0.25) is 0 Å². The summed E-state index contributed by atoms with van der Waals surface area (Å²) in [6.45, 7) is 7.48. The molecule has 0 heterocycles. The van der Waals surface area contributed by atoms with E-state index in [0.717, 1.165) is 31.4 Å². The maximum absolute atomic E-state index is 12.4. The van der Waals surface area contributed by atoms with Crippen molar-refractivity contribution in [1.29, 1.82) is 0 Å². The van der Waals surface area contributed by atoms with E-state index in [2.05, 4.69) is 13.8 Å². The molecule has 0 bridgehead atoms. The molecule has 0 radical (unpaired) electrons. The topological polar surface area (TPSA) is 52.6 Å². The molecule has 0 spiro atoms. The summed E-state index contributed by atoms with van der Waals surface area (Å²) in [5.74, 6) is 0. The van der Waals surface area contributed by atoms with Crippen molar-refractivity contribution in [1.82, 2.24) is 0 Å². The van der Waals surface area contributed by atoms with Crippen molar-refractivity contribution >= 4 is 10.1 Å². The lowest BCUT2D eigenvalue weighted by molar-refractivity contribution is 0.0339. The van der Waals surface area contributed by atoms with Crippen molar-refractivity contribution in [3.05, 3.63) is 29.8 Å². The van der Waals surface area contributed by atoms with E-state index >= 15 is 0 Å². The Hall–Kier alpha value is -0.910. The Labute approximate surface area is 236 Å². The summed E-state index contributed by atoms with van der Waals surface area (Å²) in [6.07, 6.45) is 26.8. The van der Waals surface area contributed by atoms with Gasteiger partial charge in [0.15, 0.2) is 0 Å². The summed E-state index contributed by atoms with van der Waals surface area (Å²) in [6, 6.07) is 6.82. The maximum atomic E-state index is 12.4. The van der Waals surface area contributed by atoms with E-state index < -0.39 is 10.1 Å². The van der Waals surface area contributed by atoms with Crippen LogP contribution in [0.1, 0.15) is 154 Å². The Morgan fingerprint density at radius 3 is 1.55 bits per heavy atom. The molecule has 5 heteroatoms. The Kier molecular flexibility index (Phi) is 22.1. The molecule has 0 N–H and O–H groups in total. The Bertz CT molecular complexity index is 745. The van der Waals surface area contributed by atoms with Crippen molar-refractivity contribution in [2.75, 3.05) is 13.2 Å². The van der Waals surface area contributed by atoms with E-state index in [4.69, 9.17) is 8.92 Å². The van der Waals surface area contributed by atoms with E-state index in [9.17, 15) is 8.42 Å². The normalized spacial score (nSPS) is 12.7. The molecule has 0 aliphatic carbocycles. The summed E-state index contributed by atoms with van der Waals surface area (Å²) in [5, 5.41) is 0. The molecule has 0 aromatic heterocycles. The zero-order valence-corrected chi connectivity index (χ0v) is 26.0. The SMILES string of the molecule is CCCCCCCCCCCCCCCCOC(CCCCCC)CCCOS(=O)(=O)c1ccc(C)cc1. The summed E-state index contributed by atoms with van der Waals surface area (Å²) in [7, 11) is -3.68. The first-order chi connectivity index (χ1) is 18.5. The first kappa shape index (κ1) is 35.1. The van der Waals surface area contributed by atoms with Gasteiger partial charge < -0.3 is 4.74 Å². The molecule has 0 saturated heterocycles. The standard InChI is InChI=1S/C33H60O4S/c1-4-6-8-10-11-12-13-14-15-16-17-18-19-21-29-36-32(23-20-9-7-5-2)24-22-30-37-38(34,35)33-27-25-31(3)26-28-33/h25-28,32H,4-24,29-30H2,1-3H3. The molecule has 0 fully saturated rings. The van der Waals surface area contributed by atoms with Crippen molar-refractivity contribution in [3.8, 4) is 0 Å². The summed E-state index contributed by atoms with van der Waals surface area (Å²) >= 11 is 0. The predicted molar refractivity (Wildman–Crippen MR) is 162 cm³/mol. The molecule has 1 aromatic carbocycles. The molecule has 0 amide bonds. The average molecular weight is 553 g/mol. The molecule has 1 unspecified atom stereocenters. The molecule has 0 aliphatic heterocycles. The quantitative estimate of drug-likeness (QED) is 0.0804. The third-order valence-corrected chi connectivity index (χ3v) is 8.78. The second-order valence-electron chi connectivity index (χ2n) is 11.2. The zero-order chi connectivity index (χ0) is 27.7. The van der Waals surface area contributed by atoms with Crippen LogP contribution in [0.5, 0.6) is 0 Å². The molecule has 1 atom stereocenters. The van der Waals surface area contributed by atoms with Gasteiger partial charge in [0, 0.05) is 6.61 Å². The lowest BCUT2D eigenvalue weighted by Crippen LogP contribution is -2.16. The minimum absolute atomic E-state index is 0.208. The first-order valence-electron chi connectivity index (χ1n) is 16.1. The van der Waals surface area contributed by atoms with Gasteiger partial charge >= 0.3 is 0 Å². The van der Waals surface area contributed by atoms with Crippen molar-refractivity contribution in [2.24, 2.45) is 0 Å².